The summed E-state index contributed by atoms with van der Waals surface area (Å²) in [7, 11) is 2.80. The van der Waals surface area contributed by atoms with Crippen LogP contribution in [0.3, 0.4) is 0 Å². The highest BCUT2D eigenvalue weighted by molar-refractivity contribution is 5.87. The topological polar surface area (TPSA) is 257 Å². The molecule has 6 N–H and O–H groups in total. The van der Waals surface area contributed by atoms with Crippen molar-refractivity contribution in [2.75, 3.05) is 14.2 Å². The van der Waals surface area contributed by atoms with Crippen LogP contribution in [0.5, 0.6) is 0 Å². The minimum absolute atomic E-state index is 0.0268. The van der Waals surface area contributed by atoms with Gasteiger partial charge in [0.25, 0.3) is 0 Å². The molecule has 4 aliphatic rings. The van der Waals surface area contributed by atoms with Crippen LogP contribution in [0.4, 0.5) is 4.79 Å². The van der Waals surface area contributed by atoms with Crippen LogP contribution >= 0.6 is 0 Å². The molecule has 2 fully saturated rings. The highest BCUT2D eigenvalue weighted by Crippen LogP contribution is 2.43. The zero-order valence-corrected chi connectivity index (χ0v) is 44.3. The van der Waals surface area contributed by atoms with Gasteiger partial charge in [0.05, 0.1) is 43.7 Å². The van der Waals surface area contributed by atoms with Gasteiger partial charge in [-0.3, -0.25) is 4.79 Å². The lowest BCUT2D eigenvalue weighted by Crippen LogP contribution is -2.59. The number of esters is 2. The number of nitrogens with two attached hydrogens (primary N) is 1. The molecule has 0 saturated carbocycles. The number of rotatable bonds is 17. The Bertz CT molecular complexity index is 2040. The van der Waals surface area contributed by atoms with Crippen molar-refractivity contribution >= 4 is 18.0 Å². The van der Waals surface area contributed by atoms with E-state index in [1.807, 2.05) is 53.7 Å². The van der Waals surface area contributed by atoms with Crippen LogP contribution in [0.25, 0.3) is 0 Å². The molecule has 0 aromatic carbocycles. The highest BCUT2D eigenvalue weighted by Gasteiger charge is 2.53. The monoisotopic (exact) mass is 1010 g/mol. The molecule has 0 radical (unpaired) electrons. The lowest BCUT2D eigenvalue weighted by molar-refractivity contribution is -0.339. The first-order valence-electron chi connectivity index (χ1n) is 25.4. The van der Waals surface area contributed by atoms with E-state index >= 15 is 0 Å². The summed E-state index contributed by atoms with van der Waals surface area (Å²) in [6.07, 6.45) is 8.19. The summed E-state index contributed by atoms with van der Waals surface area (Å²) in [5, 5.41) is 56.0. The second kappa shape index (κ2) is 27.2. The number of allylic oxidation sites excluding steroid dienone is 6. The van der Waals surface area contributed by atoms with Gasteiger partial charge in [0.15, 0.2) is 23.8 Å². The summed E-state index contributed by atoms with van der Waals surface area (Å²) in [6, 6.07) is 0. The summed E-state index contributed by atoms with van der Waals surface area (Å²) in [6.45, 7) is 18.1. The van der Waals surface area contributed by atoms with Gasteiger partial charge in [0, 0.05) is 75.2 Å². The number of aliphatic hydroxyl groups is 4. The fourth-order valence-electron chi connectivity index (χ4n) is 10.2. The Morgan fingerprint density at radius 1 is 1.07 bits per heavy atom. The van der Waals surface area contributed by atoms with E-state index in [4.69, 9.17) is 50.1 Å². The third kappa shape index (κ3) is 16.0. The predicted molar refractivity (Wildman–Crippen MR) is 267 cm³/mol. The summed E-state index contributed by atoms with van der Waals surface area (Å²) in [4.78, 5) is 39.3. The van der Waals surface area contributed by atoms with Gasteiger partial charge in [-0.1, -0.05) is 89.1 Å². The molecule has 0 aromatic heterocycles. The van der Waals surface area contributed by atoms with E-state index in [1.165, 1.54) is 20.3 Å². The maximum atomic E-state index is 14.1. The van der Waals surface area contributed by atoms with Crippen molar-refractivity contribution in [2.24, 2.45) is 51.5 Å². The van der Waals surface area contributed by atoms with E-state index in [0.29, 0.717) is 37.7 Å². The Kier molecular flexibility index (Phi) is 22.7. The zero-order chi connectivity index (χ0) is 53.7. The van der Waals surface area contributed by atoms with Crippen molar-refractivity contribution in [3.8, 4) is 12.3 Å². The van der Waals surface area contributed by atoms with Crippen LogP contribution in [-0.2, 0) is 47.5 Å². The number of cyclic esters (lactones) is 1. The number of hydrogen-bond donors (Lipinski definition) is 5. The summed E-state index contributed by atoms with van der Waals surface area (Å²) in [5.41, 5.74) is 6.27. The van der Waals surface area contributed by atoms with Gasteiger partial charge in [-0.05, 0) is 52.5 Å². The van der Waals surface area contributed by atoms with Gasteiger partial charge < -0.3 is 64.1 Å². The molecule has 0 aromatic rings. The van der Waals surface area contributed by atoms with Crippen molar-refractivity contribution in [1.29, 1.82) is 0 Å². The van der Waals surface area contributed by atoms with Gasteiger partial charge in [-0.2, -0.15) is 10.2 Å². The fourth-order valence-corrected chi connectivity index (χ4v) is 10.2. The number of ether oxygens (including phenoxy) is 8. The van der Waals surface area contributed by atoms with Crippen molar-refractivity contribution in [2.45, 2.75) is 199 Å². The number of carbonyl (C=O) groups excluding carboxylic acids is 3. The first-order chi connectivity index (χ1) is 34.0. The van der Waals surface area contributed by atoms with Crippen molar-refractivity contribution in [3.05, 3.63) is 59.4 Å². The van der Waals surface area contributed by atoms with Gasteiger partial charge in [0.1, 0.15) is 18.3 Å². The average Bonchev–Trinajstić information content (AvgIpc) is 4.11. The van der Waals surface area contributed by atoms with Crippen LogP contribution < -0.4 is 5.73 Å². The van der Waals surface area contributed by atoms with Crippen LogP contribution in [-0.4, -0.2) is 131 Å². The van der Waals surface area contributed by atoms with E-state index in [2.05, 4.69) is 16.1 Å². The zero-order valence-electron chi connectivity index (χ0n) is 44.3. The quantitative estimate of drug-likeness (QED) is 0.0430. The number of terminal acetylenes is 1. The van der Waals surface area contributed by atoms with E-state index in [1.54, 1.807) is 52.0 Å². The minimum atomic E-state index is -2.04. The maximum absolute atomic E-state index is 14.1. The normalized spacial score (nSPS) is 38.6. The number of aliphatic hydroxyl groups excluding tert-OH is 3. The molecular weight excluding hydrogens is 931 g/mol. The molecule has 18 heteroatoms. The van der Waals surface area contributed by atoms with Gasteiger partial charge >= 0.3 is 18.0 Å². The standard InChI is InChI=1S/C54H83N3O15/c1-14-17-23-53(56-57-53)24-22-44(58)68-41-28-45(67-37(11)50(41)71-52(55)63)69-43-29-54(64,72-39(19-15-2)34(43)8)36(10)48(61)35(9)49-40(65-12)21-18-20-30(4)25-32(6)46(59)38(16-3)47(60)33(7)26-31(5)27-42(66-13)51(62)70-49/h1,15,18-21,26-27,32-41,43,45-50,59-61,64H,16-17,22-25,28-29H2,2-13H3,(H2,55,63)/b19-15+,21-18+,30-20+,31-26+,42-27-/t32-,33-,34-,35?,36+,37+,38?,39-,40+,41?,43-,45?,46+,47-,48-,49-,50+,54?/m1/s1. The lowest BCUT2D eigenvalue weighted by Gasteiger charge is -2.50. The van der Waals surface area contributed by atoms with E-state index in [9.17, 15) is 34.8 Å². The molecule has 18 atom stereocenters. The number of amides is 1. The minimum Gasteiger partial charge on any atom is -0.490 e. The first-order valence-corrected chi connectivity index (χ1v) is 25.4. The summed E-state index contributed by atoms with van der Waals surface area (Å²) < 4.78 is 48.3. The third-order valence-corrected chi connectivity index (χ3v) is 14.8. The molecule has 4 rings (SSSR count). The Hall–Kier alpha value is -4.45. The number of primary amides is 1. The molecule has 4 aliphatic heterocycles. The van der Waals surface area contributed by atoms with E-state index < -0.39 is 115 Å². The van der Waals surface area contributed by atoms with Gasteiger partial charge in [-0.25, -0.2) is 9.59 Å². The third-order valence-electron chi connectivity index (χ3n) is 14.8. The van der Waals surface area contributed by atoms with E-state index in [0.717, 1.165) is 5.57 Å². The summed E-state index contributed by atoms with van der Waals surface area (Å²) >= 11 is 0. The second-order valence-electron chi connectivity index (χ2n) is 20.3. The molecule has 18 nitrogen and oxygen atoms in total. The molecule has 2 saturated heterocycles. The van der Waals surface area contributed by atoms with Crippen molar-refractivity contribution in [3.63, 3.8) is 0 Å². The van der Waals surface area contributed by atoms with Crippen molar-refractivity contribution < 1.29 is 72.7 Å². The van der Waals surface area contributed by atoms with Crippen LogP contribution in [0.2, 0.25) is 0 Å². The fraction of sp³-hybridized carbons (Fsp3) is 0.722. The van der Waals surface area contributed by atoms with Crippen LogP contribution in [0.15, 0.2) is 69.7 Å². The largest absolute Gasteiger partial charge is 0.490 e. The second-order valence-corrected chi connectivity index (χ2v) is 20.3. The Morgan fingerprint density at radius 3 is 2.36 bits per heavy atom. The highest BCUT2D eigenvalue weighted by atomic mass is 16.7. The Morgan fingerprint density at radius 2 is 1.76 bits per heavy atom. The first kappa shape index (κ1) is 60.1. The smallest absolute Gasteiger partial charge is 0.404 e. The Labute approximate surface area is 426 Å². The van der Waals surface area contributed by atoms with Crippen LogP contribution in [0.1, 0.15) is 121 Å². The molecule has 0 bridgehead atoms. The molecule has 404 valence electrons. The summed E-state index contributed by atoms with van der Waals surface area (Å²) in [5.74, 6) is -4.34. The molecular formula is C54H83N3O15. The molecule has 72 heavy (non-hydrogen) atoms. The molecule has 1 amide bonds. The molecule has 5 unspecified atom stereocenters. The average molecular weight is 1010 g/mol. The molecule has 0 aliphatic carbocycles. The molecule has 0 spiro atoms. The number of nitrogens with zero attached hydrogens (tertiary/aromatic N) is 2. The lowest BCUT2D eigenvalue weighted by atomic mass is 9.77. The SMILES string of the molecule is C#CCCC1(CCC(=O)OC2CC(O[C@@H]3CC(O)([C@@H](C)[C@H](O)C(C)[C@H]4OC(=O)/C(OC)=C/C(C)=C/[C@@H](C)[C@@H](O)C(CC)[C@@H](O)[C@H](C)C/C(C)=C/C=C/[C@@H]4OC)O[C@H](/C=C/C)[C@H]3C)O[C@@H](C)[C@@H]2OC(N)=O)N=N1. The number of carbonyl (C=O) groups is 3. The predicted octanol–water partition coefficient (Wildman–Crippen LogP) is 6.89. The number of hydrogen-bond acceptors (Lipinski definition) is 17. The van der Waals surface area contributed by atoms with Gasteiger partial charge in [0.2, 0.25) is 5.76 Å². The molecule has 4 heterocycles. The van der Waals surface area contributed by atoms with Crippen LogP contribution in [0, 0.1) is 47.9 Å². The maximum Gasteiger partial charge on any atom is 0.404 e. The van der Waals surface area contributed by atoms with Gasteiger partial charge in [-0.15, -0.1) is 12.3 Å². The Balaban J connectivity index is 1.63. The van der Waals surface area contributed by atoms with E-state index in [-0.39, 0.29) is 42.8 Å². The van der Waals surface area contributed by atoms with Crippen molar-refractivity contribution in [1.82, 2.24) is 0 Å². The number of methoxy groups -OCH3 is 2.